The number of imidazole rings is 1. The van der Waals surface area contributed by atoms with Crippen molar-refractivity contribution in [2.75, 3.05) is 30.9 Å². The van der Waals surface area contributed by atoms with E-state index in [0.717, 1.165) is 43.6 Å². The molecule has 0 unspecified atom stereocenters. The predicted octanol–water partition coefficient (Wildman–Crippen LogP) is 3.46. The van der Waals surface area contributed by atoms with Crippen LogP contribution < -0.4 is 9.62 Å². The second kappa shape index (κ2) is 10.2. The number of ether oxygens (including phenoxy) is 1. The van der Waals surface area contributed by atoms with E-state index in [-0.39, 0.29) is 12.1 Å². The van der Waals surface area contributed by atoms with Crippen molar-refractivity contribution < 1.29 is 13.2 Å². The summed E-state index contributed by atoms with van der Waals surface area (Å²) in [6, 6.07) is 12.3. The van der Waals surface area contributed by atoms with Crippen molar-refractivity contribution in [3.63, 3.8) is 0 Å². The molecule has 2 aromatic heterocycles. The molecule has 5 rings (SSSR count). The maximum absolute atomic E-state index is 12.0. The largest absolute Gasteiger partial charge is 0.374 e. The molecule has 3 heterocycles. The molecule has 1 saturated carbocycles. The highest BCUT2D eigenvalue weighted by Gasteiger charge is 2.33. The quantitative estimate of drug-likeness (QED) is 0.538. The molecule has 188 valence electrons. The summed E-state index contributed by atoms with van der Waals surface area (Å²) in [5, 5.41) is 0. The van der Waals surface area contributed by atoms with Gasteiger partial charge in [-0.1, -0.05) is 12.1 Å². The van der Waals surface area contributed by atoms with E-state index >= 15 is 0 Å². The molecule has 1 saturated heterocycles. The first-order valence-electron chi connectivity index (χ1n) is 12.5. The Morgan fingerprint density at radius 2 is 1.91 bits per heavy atom. The van der Waals surface area contributed by atoms with Crippen molar-refractivity contribution in [3.8, 4) is 0 Å². The van der Waals surface area contributed by atoms with Gasteiger partial charge in [0.25, 0.3) is 0 Å². The van der Waals surface area contributed by atoms with Crippen LogP contribution >= 0.6 is 0 Å². The first-order valence-corrected chi connectivity index (χ1v) is 14.4. The third-order valence-electron chi connectivity index (χ3n) is 7.51. The molecule has 2 atom stereocenters. The minimum atomic E-state index is -3.30. The molecule has 0 radical (unpaired) electrons. The summed E-state index contributed by atoms with van der Waals surface area (Å²) < 4.78 is 35.2. The number of fused-ring (bicyclic) bond motifs is 1. The van der Waals surface area contributed by atoms with Crippen molar-refractivity contribution in [3.05, 3.63) is 54.5 Å². The van der Waals surface area contributed by atoms with Crippen molar-refractivity contribution >= 4 is 26.9 Å². The van der Waals surface area contributed by atoms with Crippen molar-refractivity contribution in [2.24, 2.45) is 13.0 Å². The van der Waals surface area contributed by atoms with E-state index in [2.05, 4.69) is 42.4 Å². The number of pyridine rings is 1. The number of nitrogens with zero attached hydrogens (tertiary/aromatic N) is 4. The molecule has 3 aromatic rings. The lowest BCUT2D eigenvalue weighted by Gasteiger charge is -2.40. The Kier molecular flexibility index (Phi) is 7.09. The van der Waals surface area contributed by atoms with Crippen LogP contribution in [0.2, 0.25) is 0 Å². The molecule has 0 amide bonds. The maximum Gasteiger partial charge on any atom is 0.209 e. The fourth-order valence-electron chi connectivity index (χ4n) is 5.57. The smallest absolute Gasteiger partial charge is 0.209 e. The number of piperidine rings is 1. The average Bonchev–Trinajstić information content (AvgIpc) is 3.23. The third-order valence-corrected chi connectivity index (χ3v) is 8.24. The van der Waals surface area contributed by atoms with Crippen LogP contribution in [-0.2, 0) is 21.8 Å². The number of aromatic nitrogens is 3. The van der Waals surface area contributed by atoms with Crippen LogP contribution in [0.5, 0.6) is 0 Å². The number of nitrogens with one attached hydrogen (secondary N) is 1. The van der Waals surface area contributed by atoms with Crippen LogP contribution in [0.4, 0.5) is 5.82 Å². The van der Waals surface area contributed by atoms with Gasteiger partial charge in [0.2, 0.25) is 10.0 Å². The Morgan fingerprint density at radius 3 is 2.66 bits per heavy atom. The summed E-state index contributed by atoms with van der Waals surface area (Å²) in [6.07, 6.45) is 9.88. The van der Waals surface area contributed by atoms with Gasteiger partial charge in [-0.3, -0.25) is 0 Å². The molecule has 1 N–H and O–H groups in total. The second-order valence-electron chi connectivity index (χ2n) is 10.1. The van der Waals surface area contributed by atoms with Gasteiger partial charge in [0.05, 0.1) is 35.8 Å². The fraction of sp³-hybridized carbons (Fsp3) is 0.538. The normalized spacial score (nSPS) is 25.7. The zero-order valence-corrected chi connectivity index (χ0v) is 21.3. The number of sulfonamides is 1. The Balaban J connectivity index is 1.18. The minimum Gasteiger partial charge on any atom is -0.374 e. The molecule has 1 aliphatic carbocycles. The fourth-order valence-corrected chi connectivity index (χ4v) is 6.39. The summed E-state index contributed by atoms with van der Waals surface area (Å²) in [7, 11) is -1.28. The van der Waals surface area contributed by atoms with E-state index in [9.17, 15) is 8.42 Å². The molecule has 2 fully saturated rings. The lowest BCUT2D eigenvalue weighted by molar-refractivity contribution is -0.00128. The topological polar surface area (TPSA) is 89.3 Å². The Morgan fingerprint density at radius 1 is 1.09 bits per heavy atom. The lowest BCUT2D eigenvalue weighted by Crippen LogP contribution is -2.55. The SMILES string of the molecule is Cn1cnc2cc(C3CCC(CO[C@@H]4CN(c5ccccn5)CC[C@@H]4NS(C)(=O)=O)CC3)ccc21. The van der Waals surface area contributed by atoms with Gasteiger partial charge in [-0.25, -0.2) is 23.1 Å². The number of anilines is 1. The summed E-state index contributed by atoms with van der Waals surface area (Å²) in [5.74, 6) is 1.96. The molecule has 8 nitrogen and oxygen atoms in total. The van der Waals surface area contributed by atoms with Crippen molar-refractivity contribution in [1.29, 1.82) is 0 Å². The van der Waals surface area contributed by atoms with E-state index < -0.39 is 10.0 Å². The van der Waals surface area contributed by atoms with E-state index in [1.165, 1.54) is 17.3 Å². The molecule has 2 aliphatic rings. The van der Waals surface area contributed by atoms with Gasteiger partial charge in [-0.05, 0) is 73.8 Å². The number of hydrogen-bond donors (Lipinski definition) is 1. The van der Waals surface area contributed by atoms with E-state index in [4.69, 9.17) is 4.74 Å². The standard InChI is InChI=1S/C26H35N5O3S/c1-30-18-28-23-15-21(10-11-24(23)30)20-8-6-19(7-9-20)17-34-25-16-31(26-5-3-4-13-27-26)14-12-22(25)29-35(2,32)33/h3-5,10-11,13,15,18-20,22,25,29H,6-9,12,14,16-17H2,1-2H3/t19?,20?,22-,25+/m0/s1. The first kappa shape index (κ1) is 24.2. The van der Waals surface area contributed by atoms with Gasteiger partial charge in [-0.2, -0.15) is 0 Å². The van der Waals surface area contributed by atoms with Crippen LogP contribution in [0, 0.1) is 5.92 Å². The highest BCUT2D eigenvalue weighted by molar-refractivity contribution is 7.88. The van der Waals surface area contributed by atoms with Crippen LogP contribution in [0.1, 0.15) is 43.6 Å². The van der Waals surface area contributed by atoms with Gasteiger partial charge in [0, 0.05) is 32.9 Å². The second-order valence-corrected chi connectivity index (χ2v) is 11.9. The van der Waals surface area contributed by atoms with E-state index in [1.807, 2.05) is 31.6 Å². The van der Waals surface area contributed by atoms with Crippen molar-refractivity contribution in [1.82, 2.24) is 19.3 Å². The van der Waals surface area contributed by atoms with Crippen LogP contribution in [-0.4, -0.2) is 61.1 Å². The Labute approximate surface area is 207 Å². The summed E-state index contributed by atoms with van der Waals surface area (Å²) >= 11 is 0. The monoisotopic (exact) mass is 497 g/mol. The van der Waals surface area contributed by atoms with Gasteiger partial charge in [0.15, 0.2) is 0 Å². The highest BCUT2D eigenvalue weighted by atomic mass is 32.2. The zero-order valence-electron chi connectivity index (χ0n) is 20.5. The molecule has 0 spiro atoms. The molecule has 1 aliphatic heterocycles. The number of aryl methyl sites for hydroxylation is 1. The zero-order chi connectivity index (χ0) is 24.4. The van der Waals surface area contributed by atoms with Gasteiger partial charge in [0.1, 0.15) is 5.82 Å². The summed E-state index contributed by atoms with van der Waals surface area (Å²) in [4.78, 5) is 11.2. The molecule has 9 heteroatoms. The molecular formula is C26H35N5O3S. The minimum absolute atomic E-state index is 0.204. The van der Waals surface area contributed by atoms with Crippen LogP contribution in [0.25, 0.3) is 11.0 Å². The Bertz CT molecular complexity index is 1240. The van der Waals surface area contributed by atoms with Gasteiger partial charge >= 0.3 is 0 Å². The van der Waals surface area contributed by atoms with Crippen molar-refractivity contribution in [2.45, 2.75) is 50.2 Å². The molecule has 1 aromatic carbocycles. The highest BCUT2D eigenvalue weighted by Crippen LogP contribution is 2.37. The predicted molar refractivity (Wildman–Crippen MR) is 138 cm³/mol. The Hall–Kier alpha value is -2.49. The lowest BCUT2D eigenvalue weighted by atomic mass is 9.79. The third kappa shape index (κ3) is 5.85. The van der Waals surface area contributed by atoms with E-state index in [0.29, 0.717) is 31.4 Å². The van der Waals surface area contributed by atoms with Gasteiger partial charge in [-0.15, -0.1) is 0 Å². The maximum atomic E-state index is 12.0. The average molecular weight is 498 g/mol. The number of rotatable bonds is 7. The van der Waals surface area contributed by atoms with Gasteiger partial charge < -0.3 is 14.2 Å². The summed E-state index contributed by atoms with van der Waals surface area (Å²) in [5.41, 5.74) is 3.61. The number of hydrogen-bond acceptors (Lipinski definition) is 6. The molecular weight excluding hydrogens is 462 g/mol. The van der Waals surface area contributed by atoms with E-state index in [1.54, 1.807) is 6.20 Å². The van der Waals surface area contributed by atoms with Crippen LogP contribution in [0.3, 0.4) is 0 Å². The molecule has 0 bridgehead atoms. The van der Waals surface area contributed by atoms with Crippen LogP contribution in [0.15, 0.2) is 48.9 Å². The summed E-state index contributed by atoms with van der Waals surface area (Å²) in [6.45, 7) is 2.04. The number of benzene rings is 1. The molecule has 35 heavy (non-hydrogen) atoms. The first-order chi connectivity index (χ1) is 16.9.